The molecule has 1 aliphatic rings. The van der Waals surface area contributed by atoms with E-state index in [9.17, 15) is 4.79 Å². The number of fused-ring (bicyclic) bond motifs is 1. The average molecular weight is 339 g/mol. The molecule has 1 aromatic heterocycles. The van der Waals surface area contributed by atoms with E-state index in [1.54, 1.807) is 0 Å². The van der Waals surface area contributed by atoms with Gasteiger partial charge in [-0.25, -0.2) is 4.98 Å². The number of nitrogens with one attached hydrogen (secondary N) is 1. The number of aryl methyl sites for hydroxylation is 1. The van der Waals surface area contributed by atoms with Crippen LogP contribution in [0, 0.1) is 17.3 Å². The third-order valence-electron chi connectivity index (χ3n) is 5.45. The first-order valence-electron chi connectivity index (χ1n) is 9.18. The van der Waals surface area contributed by atoms with Gasteiger partial charge in [0.2, 0.25) is 5.91 Å². The van der Waals surface area contributed by atoms with Crippen LogP contribution in [0.5, 0.6) is 0 Å². The molecule has 1 saturated carbocycles. The van der Waals surface area contributed by atoms with Gasteiger partial charge in [-0.1, -0.05) is 37.6 Å². The molecular formula is C21H29N3O. The Kier molecular flexibility index (Phi) is 4.48. The zero-order valence-corrected chi connectivity index (χ0v) is 16.1. The zero-order valence-electron chi connectivity index (χ0n) is 16.1. The van der Waals surface area contributed by atoms with Crippen LogP contribution in [0.25, 0.3) is 11.0 Å². The van der Waals surface area contributed by atoms with Gasteiger partial charge >= 0.3 is 0 Å². The monoisotopic (exact) mass is 339 g/mol. The Labute approximate surface area is 150 Å². The topological polar surface area (TPSA) is 46.9 Å². The number of allylic oxidation sites excluding steroid dienone is 2. The quantitative estimate of drug-likeness (QED) is 0.817. The van der Waals surface area contributed by atoms with Crippen molar-refractivity contribution < 1.29 is 4.79 Å². The van der Waals surface area contributed by atoms with E-state index >= 15 is 0 Å². The number of nitrogens with zero attached hydrogens (tertiary/aromatic N) is 2. The van der Waals surface area contributed by atoms with Crippen molar-refractivity contribution in [2.24, 2.45) is 17.3 Å². The molecule has 1 amide bonds. The fourth-order valence-electron chi connectivity index (χ4n) is 3.97. The second-order valence-electron chi connectivity index (χ2n) is 8.00. The summed E-state index contributed by atoms with van der Waals surface area (Å²) in [6.45, 7) is 13.5. The standard InChI is InChI=1S/C21H29N3O/c1-7-24-17-11-9-8-10-16(17)23-19(24)14(4)22-20(25)18-15(12-13(2)3)21(18,5)6/h8-12,14-15,18H,7H2,1-6H3,(H,22,25)/t14-,15-,18+/m0/s1. The molecular weight excluding hydrogens is 310 g/mol. The highest BCUT2D eigenvalue weighted by Gasteiger charge is 2.60. The van der Waals surface area contributed by atoms with Gasteiger partial charge in [-0.15, -0.1) is 0 Å². The van der Waals surface area contributed by atoms with Gasteiger partial charge in [0.1, 0.15) is 5.82 Å². The number of carbonyl (C=O) groups is 1. The Morgan fingerprint density at radius 3 is 2.68 bits per heavy atom. The first-order valence-corrected chi connectivity index (χ1v) is 9.18. The second kappa shape index (κ2) is 6.32. The predicted octanol–water partition coefficient (Wildman–Crippen LogP) is 4.47. The molecule has 4 nitrogen and oxygen atoms in total. The van der Waals surface area contributed by atoms with Crippen LogP contribution in [-0.2, 0) is 11.3 Å². The summed E-state index contributed by atoms with van der Waals surface area (Å²) in [5.74, 6) is 1.43. The van der Waals surface area contributed by atoms with Gasteiger partial charge in [-0.05, 0) is 51.2 Å². The second-order valence-corrected chi connectivity index (χ2v) is 8.00. The van der Waals surface area contributed by atoms with Crippen LogP contribution in [-0.4, -0.2) is 15.5 Å². The zero-order chi connectivity index (χ0) is 18.4. The summed E-state index contributed by atoms with van der Waals surface area (Å²) in [7, 11) is 0. The van der Waals surface area contributed by atoms with Crippen LogP contribution in [0.3, 0.4) is 0 Å². The Balaban J connectivity index is 1.80. The van der Waals surface area contributed by atoms with E-state index in [4.69, 9.17) is 4.98 Å². The van der Waals surface area contributed by atoms with Crippen molar-refractivity contribution in [1.82, 2.24) is 14.9 Å². The van der Waals surface area contributed by atoms with Crippen LogP contribution in [0.15, 0.2) is 35.9 Å². The molecule has 0 saturated heterocycles. The normalized spacial score (nSPS) is 22.5. The third-order valence-corrected chi connectivity index (χ3v) is 5.45. The molecule has 134 valence electrons. The molecule has 0 spiro atoms. The smallest absolute Gasteiger partial charge is 0.224 e. The van der Waals surface area contributed by atoms with Crippen LogP contribution >= 0.6 is 0 Å². The van der Waals surface area contributed by atoms with Gasteiger partial charge in [-0.2, -0.15) is 0 Å². The number of benzene rings is 1. The van der Waals surface area contributed by atoms with Crippen LogP contribution in [0.2, 0.25) is 0 Å². The number of para-hydroxylation sites is 2. The lowest BCUT2D eigenvalue weighted by molar-refractivity contribution is -0.123. The molecule has 0 aliphatic heterocycles. The minimum atomic E-state index is -0.108. The van der Waals surface area contributed by atoms with Crippen LogP contribution in [0.1, 0.15) is 53.4 Å². The summed E-state index contributed by atoms with van der Waals surface area (Å²) >= 11 is 0. The minimum absolute atomic E-state index is 0.0337. The molecule has 25 heavy (non-hydrogen) atoms. The van der Waals surface area contributed by atoms with E-state index in [0.717, 1.165) is 23.4 Å². The number of imidazole rings is 1. The Bertz CT molecular complexity index is 827. The first kappa shape index (κ1) is 17.7. The SMILES string of the molecule is CCn1c([C@H](C)NC(=O)[C@H]2[C@H](C=C(C)C)C2(C)C)nc2ccccc21. The summed E-state index contributed by atoms with van der Waals surface area (Å²) in [4.78, 5) is 17.6. The summed E-state index contributed by atoms with van der Waals surface area (Å²) in [6, 6.07) is 8.02. The largest absolute Gasteiger partial charge is 0.346 e. The van der Waals surface area contributed by atoms with E-state index in [1.807, 2.05) is 25.1 Å². The molecule has 4 heteroatoms. The van der Waals surface area contributed by atoms with Gasteiger partial charge in [-0.3, -0.25) is 4.79 Å². The lowest BCUT2D eigenvalue weighted by Crippen LogP contribution is -2.31. The van der Waals surface area contributed by atoms with Crippen molar-refractivity contribution >= 4 is 16.9 Å². The van der Waals surface area contributed by atoms with Crippen molar-refractivity contribution in [3.63, 3.8) is 0 Å². The van der Waals surface area contributed by atoms with Crippen LogP contribution in [0.4, 0.5) is 0 Å². The van der Waals surface area contributed by atoms with E-state index in [0.29, 0.717) is 5.92 Å². The number of rotatable bonds is 5. The van der Waals surface area contributed by atoms with E-state index in [1.165, 1.54) is 5.57 Å². The molecule has 2 aromatic rings. The molecule has 1 aliphatic carbocycles. The fourth-order valence-corrected chi connectivity index (χ4v) is 3.97. The molecule has 0 bridgehead atoms. The maximum atomic E-state index is 12.8. The predicted molar refractivity (Wildman–Crippen MR) is 102 cm³/mol. The summed E-state index contributed by atoms with van der Waals surface area (Å²) < 4.78 is 2.19. The number of aromatic nitrogens is 2. The maximum Gasteiger partial charge on any atom is 0.224 e. The summed E-state index contributed by atoms with van der Waals surface area (Å²) in [5.41, 5.74) is 3.41. The van der Waals surface area contributed by atoms with Crippen LogP contribution < -0.4 is 5.32 Å². The number of hydrogen-bond donors (Lipinski definition) is 1. The Morgan fingerprint density at radius 2 is 2.04 bits per heavy atom. The highest BCUT2D eigenvalue weighted by Crippen LogP contribution is 2.59. The van der Waals surface area contributed by atoms with Gasteiger partial charge in [0.25, 0.3) is 0 Å². The molecule has 0 unspecified atom stereocenters. The molecule has 1 N–H and O–H groups in total. The third kappa shape index (κ3) is 3.10. The van der Waals surface area contributed by atoms with Crippen molar-refractivity contribution in [2.45, 2.75) is 54.1 Å². The van der Waals surface area contributed by atoms with Crippen molar-refractivity contribution in [1.29, 1.82) is 0 Å². The lowest BCUT2D eigenvalue weighted by Gasteiger charge is -2.16. The fraction of sp³-hybridized carbons (Fsp3) is 0.524. The van der Waals surface area contributed by atoms with E-state index in [-0.39, 0.29) is 23.3 Å². The van der Waals surface area contributed by atoms with Crippen molar-refractivity contribution in [2.75, 3.05) is 0 Å². The summed E-state index contributed by atoms with van der Waals surface area (Å²) in [5, 5.41) is 3.20. The number of hydrogen-bond acceptors (Lipinski definition) is 2. The maximum absolute atomic E-state index is 12.8. The molecule has 3 atom stereocenters. The highest BCUT2D eigenvalue weighted by atomic mass is 16.2. The van der Waals surface area contributed by atoms with E-state index in [2.05, 4.69) is 56.6 Å². The van der Waals surface area contributed by atoms with Gasteiger partial charge in [0.05, 0.1) is 23.0 Å². The molecule has 1 heterocycles. The Morgan fingerprint density at radius 1 is 1.36 bits per heavy atom. The van der Waals surface area contributed by atoms with Crippen molar-refractivity contribution in [3.8, 4) is 0 Å². The highest BCUT2D eigenvalue weighted by molar-refractivity contribution is 5.84. The Hall–Kier alpha value is -2.10. The van der Waals surface area contributed by atoms with E-state index < -0.39 is 0 Å². The summed E-state index contributed by atoms with van der Waals surface area (Å²) in [6.07, 6.45) is 2.23. The number of amides is 1. The first-order chi connectivity index (χ1) is 11.8. The molecule has 3 rings (SSSR count). The molecule has 1 aromatic carbocycles. The number of carbonyl (C=O) groups excluding carboxylic acids is 1. The molecule has 1 fully saturated rings. The lowest BCUT2D eigenvalue weighted by atomic mass is 10.1. The molecule has 0 radical (unpaired) electrons. The van der Waals surface area contributed by atoms with Gasteiger partial charge < -0.3 is 9.88 Å². The van der Waals surface area contributed by atoms with Crippen molar-refractivity contribution in [3.05, 3.63) is 41.7 Å². The van der Waals surface area contributed by atoms with Gasteiger partial charge in [0.15, 0.2) is 0 Å². The van der Waals surface area contributed by atoms with Gasteiger partial charge in [0, 0.05) is 6.54 Å². The average Bonchev–Trinajstić information content (AvgIpc) is 2.92. The minimum Gasteiger partial charge on any atom is -0.346 e.